The van der Waals surface area contributed by atoms with Crippen LogP contribution in [0, 0.1) is 0 Å². The SMILES string of the molecule is CCn1nc2c(c1C(C)C)C(=O)C(=CN(C)C)CC2. The smallest absolute Gasteiger partial charge is 0.194 e. The van der Waals surface area contributed by atoms with Crippen molar-refractivity contribution in [1.29, 1.82) is 0 Å². The summed E-state index contributed by atoms with van der Waals surface area (Å²) in [5.41, 5.74) is 3.82. The van der Waals surface area contributed by atoms with E-state index in [0.717, 1.165) is 41.9 Å². The summed E-state index contributed by atoms with van der Waals surface area (Å²) < 4.78 is 1.99. The fraction of sp³-hybridized carbons (Fsp3) is 0.600. The van der Waals surface area contributed by atoms with Crippen LogP contribution >= 0.6 is 0 Å². The van der Waals surface area contributed by atoms with Crippen LogP contribution in [0.15, 0.2) is 11.8 Å². The third-order valence-corrected chi connectivity index (χ3v) is 3.47. The minimum atomic E-state index is 0.165. The van der Waals surface area contributed by atoms with Crippen molar-refractivity contribution in [2.75, 3.05) is 14.1 Å². The quantitative estimate of drug-likeness (QED) is 0.785. The molecule has 104 valence electrons. The summed E-state index contributed by atoms with van der Waals surface area (Å²) in [5, 5.41) is 4.61. The Balaban J connectivity index is 2.53. The fourth-order valence-corrected chi connectivity index (χ4v) is 2.74. The van der Waals surface area contributed by atoms with Gasteiger partial charge in [0.05, 0.1) is 17.0 Å². The van der Waals surface area contributed by atoms with Crippen molar-refractivity contribution in [3.05, 3.63) is 28.7 Å². The highest BCUT2D eigenvalue weighted by atomic mass is 16.1. The van der Waals surface area contributed by atoms with Crippen LogP contribution in [0.25, 0.3) is 0 Å². The number of nitrogens with zero attached hydrogens (tertiary/aromatic N) is 3. The third-order valence-electron chi connectivity index (χ3n) is 3.47. The summed E-state index contributed by atoms with van der Waals surface area (Å²) in [6, 6.07) is 0. The third kappa shape index (κ3) is 2.44. The van der Waals surface area contributed by atoms with Crippen molar-refractivity contribution in [3.8, 4) is 0 Å². The van der Waals surface area contributed by atoms with E-state index in [4.69, 9.17) is 0 Å². The van der Waals surface area contributed by atoms with Gasteiger partial charge in [0.15, 0.2) is 5.78 Å². The Morgan fingerprint density at radius 1 is 1.37 bits per heavy atom. The van der Waals surface area contributed by atoms with Crippen molar-refractivity contribution in [2.24, 2.45) is 0 Å². The number of ketones is 1. The average Bonchev–Trinajstić information content (AvgIpc) is 2.71. The van der Waals surface area contributed by atoms with Gasteiger partial charge in [-0.05, 0) is 25.7 Å². The van der Waals surface area contributed by atoms with Crippen LogP contribution in [0.4, 0.5) is 0 Å². The van der Waals surface area contributed by atoms with Gasteiger partial charge in [-0.3, -0.25) is 9.48 Å². The lowest BCUT2D eigenvalue weighted by atomic mass is 9.88. The van der Waals surface area contributed by atoms with E-state index in [1.807, 2.05) is 29.9 Å². The average molecular weight is 261 g/mol. The summed E-state index contributed by atoms with van der Waals surface area (Å²) in [5.74, 6) is 0.484. The van der Waals surface area contributed by atoms with Crippen LogP contribution < -0.4 is 0 Å². The summed E-state index contributed by atoms with van der Waals surface area (Å²) in [4.78, 5) is 14.6. The van der Waals surface area contributed by atoms with Crippen LogP contribution in [0.3, 0.4) is 0 Å². The van der Waals surface area contributed by atoms with Crippen molar-refractivity contribution < 1.29 is 4.79 Å². The molecule has 1 aliphatic carbocycles. The first-order valence-corrected chi connectivity index (χ1v) is 6.97. The van der Waals surface area contributed by atoms with E-state index < -0.39 is 0 Å². The Hall–Kier alpha value is -1.58. The number of hydrogen-bond donors (Lipinski definition) is 0. The van der Waals surface area contributed by atoms with Gasteiger partial charge in [0, 0.05) is 32.4 Å². The molecule has 0 bridgehead atoms. The normalized spacial score (nSPS) is 17.2. The second-order valence-corrected chi connectivity index (χ2v) is 5.62. The molecular formula is C15H23N3O. The zero-order valence-corrected chi connectivity index (χ0v) is 12.5. The molecule has 1 heterocycles. The van der Waals surface area contributed by atoms with E-state index in [-0.39, 0.29) is 5.78 Å². The van der Waals surface area contributed by atoms with Gasteiger partial charge < -0.3 is 4.90 Å². The lowest BCUT2D eigenvalue weighted by molar-refractivity contribution is 0.102. The molecule has 0 atom stereocenters. The summed E-state index contributed by atoms with van der Waals surface area (Å²) in [7, 11) is 3.91. The molecule has 0 saturated heterocycles. The molecule has 19 heavy (non-hydrogen) atoms. The van der Waals surface area contributed by atoms with Gasteiger partial charge in [0.2, 0.25) is 0 Å². The molecule has 0 unspecified atom stereocenters. The highest BCUT2D eigenvalue weighted by Crippen LogP contribution is 2.31. The number of rotatable bonds is 3. The Morgan fingerprint density at radius 2 is 2.05 bits per heavy atom. The maximum absolute atomic E-state index is 12.7. The number of aromatic nitrogens is 2. The fourth-order valence-electron chi connectivity index (χ4n) is 2.74. The first kappa shape index (κ1) is 13.8. The van der Waals surface area contributed by atoms with Crippen LogP contribution in [-0.4, -0.2) is 34.6 Å². The van der Waals surface area contributed by atoms with Crippen molar-refractivity contribution >= 4 is 5.78 Å². The topological polar surface area (TPSA) is 38.1 Å². The Kier molecular flexibility index (Phi) is 3.78. The van der Waals surface area contributed by atoms with Gasteiger partial charge in [-0.15, -0.1) is 0 Å². The molecule has 0 fully saturated rings. The molecule has 0 spiro atoms. The zero-order chi connectivity index (χ0) is 14.2. The molecule has 1 aromatic heterocycles. The van der Waals surface area contributed by atoms with E-state index in [0.29, 0.717) is 5.92 Å². The summed E-state index contributed by atoms with van der Waals surface area (Å²) in [6.07, 6.45) is 3.61. The Bertz CT molecular complexity index is 524. The molecule has 0 aliphatic heterocycles. The van der Waals surface area contributed by atoms with E-state index >= 15 is 0 Å². The molecule has 0 amide bonds. The molecule has 0 aromatic carbocycles. The number of allylic oxidation sites excluding steroid dienone is 1. The molecule has 1 aromatic rings. The van der Waals surface area contributed by atoms with Crippen molar-refractivity contribution in [1.82, 2.24) is 14.7 Å². The maximum atomic E-state index is 12.7. The monoisotopic (exact) mass is 261 g/mol. The van der Waals surface area contributed by atoms with Gasteiger partial charge in [-0.25, -0.2) is 0 Å². The molecule has 0 saturated carbocycles. The summed E-state index contributed by atoms with van der Waals surface area (Å²) >= 11 is 0. The van der Waals surface area contributed by atoms with E-state index in [2.05, 4.69) is 25.9 Å². The van der Waals surface area contributed by atoms with E-state index in [1.54, 1.807) is 0 Å². The van der Waals surface area contributed by atoms with Gasteiger partial charge in [-0.1, -0.05) is 13.8 Å². The van der Waals surface area contributed by atoms with Gasteiger partial charge >= 0.3 is 0 Å². The molecular weight excluding hydrogens is 238 g/mol. The highest BCUT2D eigenvalue weighted by molar-refractivity contribution is 6.11. The number of Topliss-reactive ketones (excluding diaryl/α,β-unsaturated/α-hetero) is 1. The van der Waals surface area contributed by atoms with Gasteiger partial charge in [-0.2, -0.15) is 5.10 Å². The van der Waals surface area contributed by atoms with Gasteiger partial charge in [0.25, 0.3) is 0 Å². The van der Waals surface area contributed by atoms with Crippen molar-refractivity contribution in [3.63, 3.8) is 0 Å². The molecule has 4 nitrogen and oxygen atoms in total. The second kappa shape index (κ2) is 5.19. The number of aryl methyl sites for hydroxylation is 2. The van der Waals surface area contributed by atoms with Crippen molar-refractivity contribution in [2.45, 2.75) is 46.1 Å². The maximum Gasteiger partial charge on any atom is 0.194 e. The van der Waals surface area contributed by atoms with Crippen LogP contribution in [0.5, 0.6) is 0 Å². The van der Waals surface area contributed by atoms with Crippen LogP contribution in [0.1, 0.15) is 54.9 Å². The largest absolute Gasteiger partial charge is 0.383 e. The predicted octanol–water partition coefficient (Wildman–Crippen LogP) is 2.60. The molecule has 4 heteroatoms. The Morgan fingerprint density at radius 3 is 2.58 bits per heavy atom. The predicted molar refractivity (Wildman–Crippen MR) is 76.4 cm³/mol. The standard InChI is InChI=1S/C15H23N3O/c1-6-18-14(10(2)3)13-12(16-18)8-7-11(15(13)19)9-17(4)5/h9-10H,6-8H2,1-5H3. The molecule has 0 radical (unpaired) electrons. The second-order valence-electron chi connectivity index (χ2n) is 5.62. The number of hydrogen-bond acceptors (Lipinski definition) is 3. The lowest BCUT2D eigenvalue weighted by Gasteiger charge is -2.17. The van der Waals surface area contributed by atoms with Gasteiger partial charge in [0.1, 0.15) is 0 Å². The first-order chi connectivity index (χ1) is 8.95. The minimum Gasteiger partial charge on any atom is -0.383 e. The van der Waals surface area contributed by atoms with Crippen LogP contribution in [-0.2, 0) is 13.0 Å². The molecule has 1 aliphatic rings. The minimum absolute atomic E-state index is 0.165. The van der Waals surface area contributed by atoms with E-state index in [9.17, 15) is 4.79 Å². The lowest BCUT2D eigenvalue weighted by Crippen LogP contribution is -2.18. The highest BCUT2D eigenvalue weighted by Gasteiger charge is 2.30. The Labute approximate surface area is 115 Å². The zero-order valence-electron chi connectivity index (χ0n) is 12.5. The molecule has 0 N–H and O–H groups in total. The molecule has 2 rings (SSSR count). The number of fused-ring (bicyclic) bond motifs is 1. The summed E-state index contributed by atoms with van der Waals surface area (Å²) in [6.45, 7) is 7.15. The number of carbonyl (C=O) groups is 1. The van der Waals surface area contributed by atoms with E-state index in [1.165, 1.54) is 0 Å². The van der Waals surface area contributed by atoms with Crippen LogP contribution in [0.2, 0.25) is 0 Å². The number of carbonyl (C=O) groups excluding carboxylic acids is 1. The first-order valence-electron chi connectivity index (χ1n) is 6.97.